The monoisotopic (exact) mass is 528 g/mol. The Morgan fingerprint density at radius 2 is 1.85 bits per heavy atom. The summed E-state index contributed by atoms with van der Waals surface area (Å²) in [6.45, 7) is 10.2. The van der Waals surface area contributed by atoms with Gasteiger partial charge in [-0.25, -0.2) is 9.97 Å². The molecule has 0 bridgehead atoms. The Balaban J connectivity index is 1.08. The highest BCUT2D eigenvalue weighted by atomic mass is 16.5. The molecular formula is C29H36N8O2. The number of fused-ring (bicyclic) bond motifs is 1. The van der Waals surface area contributed by atoms with Crippen LogP contribution in [0, 0.1) is 11.3 Å². The predicted octanol–water partition coefficient (Wildman–Crippen LogP) is 2.16. The highest BCUT2D eigenvalue weighted by Gasteiger charge is 2.30. The average Bonchev–Trinajstić information content (AvgIpc) is 3.38. The average molecular weight is 529 g/mol. The quantitative estimate of drug-likeness (QED) is 0.510. The molecule has 5 heterocycles. The van der Waals surface area contributed by atoms with E-state index in [9.17, 15) is 10.4 Å². The maximum atomic E-state index is 9.90. The number of benzene rings is 1. The van der Waals surface area contributed by atoms with Gasteiger partial charge in [-0.15, -0.1) is 0 Å². The van der Waals surface area contributed by atoms with Gasteiger partial charge in [-0.3, -0.25) is 4.90 Å². The van der Waals surface area contributed by atoms with Crippen LogP contribution in [0.2, 0.25) is 0 Å². The van der Waals surface area contributed by atoms with E-state index in [0.717, 1.165) is 82.2 Å². The molecule has 3 saturated heterocycles. The molecule has 10 heteroatoms. The van der Waals surface area contributed by atoms with Crippen molar-refractivity contribution in [1.82, 2.24) is 14.9 Å². The SMILES string of the molecule is CC1CN(c2ccc(C#N)c3nc(O)ccc23)CC(CN2CCN(c3ccc(N4CCC(N)C4)nc3)CC2)O1. The van der Waals surface area contributed by atoms with E-state index >= 15 is 0 Å². The lowest BCUT2D eigenvalue weighted by Crippen LogP contribution is -2.54. The fourth-order valence-corrected chi connectivity index (χ4v) is 6.12. The van der Waals surface area contributed by atoms with Crippen molar-refractivity contribution in [1.29, 1.82) is 5.26 Å². The molecule has 3 aromatic rings. The van der Waals surface area contributed by atoms with Crippen LogP contribution >= 0.6 is 0 Å². The number of nitrogens with zero attached hydrogens (tertiary/aromatic N) is 7. The molecule has 0 radical (unpaired) electrons. The van der Waals surface area contributed by atoms with Gasteiger partial charge in [-0.2, -0.15) is 5.26 Å². The summed E-state index contributed by atoms with van der Waals surface area (Å²) in [6.07, 6.45) is 3.17. The third kappa shape index (κ3) is 5.43. The molecule has 3 aliphatic rings. The molecule has 204 valence electrons. The molecule has 3 unspecified atom stereocenters. The molecule has 6 rings (SSSR count). The third-order valence-corrected chi connectivity index (χ3v) is 8.09. The van der Waals surface area contributed by atoms with Crippen molar-refractivity contribution in [2.24, 2.45) is 5.73 Å². The van der Waals surface area contributed by atoms with E-state index in [4.69, 9.17) is 15.5 Å². The zero-order chi connectivity index (χ0) is 26.9. The van der Waals surface area contributed by atoms with Gasteiger partial charge in [0, 0.05) is 82.1 Å². The van der Waals surface area contributed by atoms with Crippen molar-refractivity contribution in [3.63, 3.8) is 0 Å². The summed E-state index contributed by atoms with van der Waals surface area (Å²) >= 11 is 0. The van der Waals surface area contributed by atoms with Crippen molar-refractivity contribution in [3.8, 4) is 11.9 Å². The number of rotatable bonds is 5. The van der Waals surface area contributed by atoms with E-state index in [-0.39, 0.29) is 24.1 Å². The van der Waals surface area contributed by atoms with Crippen LogP contribution in [0.15, 0.2) is 42.6 Å². The first-order valence-electron chi connectivity index (χ1n) is 13.8. The Kier molecular flexibility index (Phi) is 7.12. The van der Waals surface area contributed by atoms with Gasteiger partial charge in [0.2, 0.25) is 5.88 Å². The lowest BCUT2D eigenvalue weighted by atomic mass is 10.1. The normalized spacial score (nSPS) is 24.3. The van der Waals surface area contributed by atoms with Gasteiger partial charge < -0.3 is 30.3 Å². The van der Waals surface area contributed by atoms with Crippen molar-refractivity contribution in [3.05, 3.63) is 48.2 Å². The molecule has 3 fully saturated rings. The van der Waals surface area contributed by atoms with Crippen LogP contribution in [0.4, 0.5) is 17.2 Å². The summed E-state index contributed by atoms with van der Waals surface area (Å²) in [4.78, 5) is 18.5. The number of pyridine rings is 2. The van der Waals surface area contributed by atoms with Gasteiger partial charge in [0.1, 0.15) is 11.9 Å². The van der Waals surface area contributed by atoms with Crippen LogP contribution < -0.4 is 20.4 Å². The number of hydrogen-bond donors (Lipinski definition) is 2. The lowest BCUT2D eigenvalue weighted by molar-refractivity contribution is -0.0327. The number of hydrogen-bond acceptors (Lipinski definition) is 10. The van der Waals surface area contributed by atoms with E-state index in [2.05, 4.69) is 49.7 Å². The first-order chi connectivity index (χ1) is 19.0. The summed E-state index contributed by atoms with van der Waals surface area (Å²) in [5.74, 6) is 0.938. The Hall–Kier alpha value is -3.65. The number of piperazine rings is 1. The van der Waals surface area contributed by atoms with Gasteiger partial charge in [0.05, 0.1) is 35.2 Å². The minimum Gasteiger partial charge on any atom is -0.493 e. The largest absolute Gasteiger partial charge is 0.493 e. The molecule has 3 atom stereocenters. The van der Waals surface area contributed by atoms with Crippen molar-refractivity contribution in [2.75, 3.05) is 73.6 Å². The Labute approximate surface area is 229 Å². The second-order valence-corrected chi connectivity index (χ2v) is 10.9. The van der Waals surface area contributed by atoms with Crippen LogP contribution in [-0.2, 0) is 4.74 Å². The van der Waals surface area contributed by atoms with Crippen LogP contribution in [-0.4, -0.2) is 97.1 Å². The number of nitriles is 1. The van der Waals surface area contributed by atoms with Gasteiger partial charge in [0.15, 0.2) is 0 Å². The van der Waals surface area contributed by atoms with Crippen molar-refractivity contribution < 1.29 is 9.84 Å². The van der Waals surface area contributed by atoms with Crippen molar-refractivity contribution in [2.45, 2.75) is 31.6 Å². The molecule has 0 amide bonds. The number of aromatic hydroxyl groups is 1. The second-order valence-electron chi connectivity index (χ2n) is 10.9. The highest BCUT2D eigenvalue weighted by Crippen LogP contribution is 2.32. The molecule has 39 heavy (non-hydrogen) atoms. The summed E-state index contributed by atoms with van der Waals surface area (Å²) in [7, 11) is 0. The zero-order valence-corrected chi connectivity index (χ0v) is 22.4. The fourth-order valence-electron chi connectivity index (χ4n) is 6.12. The van der Waals surface area contributed by atoms with Crippen LogP contribution in [0.3, 0.4) is 0 Å². The number of morpholine rings is 1. The molecule has 0 aliphatic carbocycles. The van der Waals surface area contributed by atoms with Crippen LogP contribution in [0.5, 0.6) is 5.88 Å². The third-order valence-electron chi connectivity index (χ3n) is 8.09. The Morgan fingerprint density at radius 3 is 2.56 bits per heavy atom. The number of ether oxygens (including phenoxy) is 1. The molecule has 3 N–H and O–H groups in total. The topological polar surface area (TPSA) is 118 Å². The first-order valence-corrected chi connectivity index (χ1v) is 13.8. The van der Waals surface area contributed by atoms with Crippen molar-refractivity contribution >= 4 is 28.1 Å². The molecule has 3 aliphatic heterocycles. The molecule has 0 spiro atoms. The molecule has 1 aromatic carbocycles. The summed E-state index contributed by atoms with van der Waals surface area (Å²) in [6, 6.07) is 14.0. The zero-order valence-electron chi connectivity index (χ0n) is 22.4. The number of nitrogens with two attached hydrogens (primary N) is 1. The highest BCUT2D eigenvalue weighted by molar-refractivity contribution is 5.95. The maximum Gasteiger partial charge on any atom is 0.211 e. The van der Waals surface area contributed by atoms with Gasteiger partial charge in [0.25, 0.3) is 0 Å². The molecule has 2 aromatic heterocycles. The molecular weight excluding hydrogens is 492 g/mol. The predicted molar refractivity (Wildman–Crippen MR) is 152 cm³/mol. The fraction of sp³-hybridized carbons (Fsp3) is 0.483. The van der Waals surface area contributed by atoms with E-state index in [1.807, 2.05) is 18.3 Å². The van der Waals surface area contributed by atoms with Crippen LogP contribution in [0.25, 0.3) is 10.9 Å². The number of aromatic nitrogens is 2. The smallest absolute Gasteiger partial charge is 0.211 e. The van der Waals surface area contributed by atoms with Gasteiger partial charge in [-0.05, 0) is 43.7 Å². The lowest BCUT2D eigenvalue weighted by Gasteiger charge is -2.42. The van der Waals surface area contributed by atoms with E-state index < -0.39 is 0 Å². The minimum absolute atomic E-state index is 0.0730. The maximum absolute atomic E-state index is 9.90. The first kappa shape index (κ1) is 25.6. The summed E-state index contributed by atoms with van der Waals surface area (Å²) < 4.78 is 6.37. The molecule has 0 saturated carbocycles. The number of anilines is 3. The Bertz CT molecular complexity index is 1350. The Morgan fingerprint density at radius 1 is 1.00 bits per heavy atom. The summed E-state index contributed by atoms with van der Waals surface area (Å²) in [5, 5.41) is 20.3. The minimum atomic E-state index is -0.0773. The summed E-state index contributed by atoms with van der Waals surface area (Å²) in [5.41, 5.74) is 9.25. The van der Waals surface area contributed by atoms with E-state index in [0.29, 0.717) is 11.1 Å². The molecule has 10 nitrogen and oxygen atoms in total. The second kappa shape index (κ2) is 10.8. The van der Waals surface area contributed by atoms with Gasteiger partial charge >= 0.3 is 0 Å². The van der Waals surface area contributed by atoms with E-state index in [1.54, 1.807) is 12.1 Å². The van der Waals surface area contributed by atoms with Crippen LogP contribution in [0.1, 0.15) is 18.9 Å². The van der Waals surface area contributed by atoms with Gasteiger partial charge in [-0.1, -0.05) is 0 Å². The standard InChI is InChI=1S/C29H36N8O2/c1-20-16-37(26-5-2-21(14-30)29-25(26)4-7-28(38)33-29)19-24(39-20)18-34-10-12-35(13-11-34)23-3-6-27(32-15-23)36-9-8-22(31)17-36/h2-7,15,20,22,24H,8-13,16-19,31H2,1H3,(H,33,38). The van der Waals surface area contributed by atoms with E-state index in [1.165, 1.54) is 5.69 Å².